The molecule has 0 bridgehead atoms. The van der Waals surface area contributed by atoms with Crippen LogP contribution in [0.1, 0.15) is 12.5 Å². The van der Waals surface area contributed by atoms with Crippen molar-refractivity contribution in [1.29, 1.82) is 0 Å². The van der Waals surface area contributed by atoms with Crippen molar-refractivity contribution in [1.82, 2.24) is 9.97 Å². The van der Waals surface area contributed by atoms with Gasteiger partial charge in [0.25, 0.3) is 0 Å². The smallest absolute Gasteiger partial charge is 0.222 e. The number of rotatable bonds is 4. The largest absolute Gasteiger partial charge is 0.383 e. The van der Waals surface area contributed by atoms with Gasteiger partial charge in [-0.15, -0.1) is 12.4 Å². The van der Waals surface area contributed by atoms with Gasteiger partial charge in [0.1, 0.15) is 5.82 Å². The number of hydrogen-bond donors (Lipinski definition) is 2. The SMILES string of the molecule is CCN(Cc1ccc2ccccc2c1)c1ccc2nc(N)nc(N)c2c1.Cl. The Hall–Kier alpha value is -3.05. The maximum absolute atomic E-state index is 6.03. The van der Waals surface area contributed by atoms with Gasteiger partial charge >= 0.3 is 0 Å². The molecule has 1 aromatic heterocycles. The third-order valence-electron chi connectivity index (χ3n) is 4.66. The topological polar surface area (TPSA) is 81.1 Å². The standard InChI is InChI=1S/C21H21N5.ClH/c1-2-26(13-14-7-8-15-5-3-4-6-16(15)11-14)17-9-10-19-18(12-17)20(22)25-21(23)24-19;/h3-12H,2,13H2,1H3,(H4,22,23,24,25);1H. The highest BCUT2D eigenvalue weighted by molar-refractivity contribution is 5.91. The molecule has 0 aliphatic carbocycles. The summed E-state index contributed by atoms with van der Waals surface area (Å²) in [7, 11) is 0. The summed E-state index contributed by atoms with van der Waals surface area (Å²) in [5.41, 5.74) is 14.8. The fourth-order valence-electron chi connectivity index (χ4n) is 3.30. The average molecular weight is 380 g/mol. The highest BCUT2D eigenvalue weighted by Crippen LogP contribution is 2.26. The molecule has 0 unspecified atom stereocenters. The number of anilines is 3. The van der Waals surface area contributed by atoms with Crippen LogP contribution in [0.5, 0.6) is 0 Å². The Bertz CT molecular complexity index is 1100. The molecule has 4 N–H and O–H groups in total. The highest BCUT2D eigenvalue weighted by Gasteiger charge is 2.10. The van der Waals surface area contributed by atoms with E-state index < -0.39 is 0 Å². The summed E-state index contributed by atoms with van der Waals surface area (Å²) in [4.78, 5) is 10.6. The number of nitrogens with zero attached hydrogens (tertiary/aromatic N) is 3. The predicted octanol–water partition coefficient (Wildman–Crippen LogP) is 4.40. The third kappa shape index (κ3) is 3.73. The van der Waals surface area contributed by atoms with E-state index in [1.165, 1.54) is 16.3 Å². The van der Waals surface area contributed by atoms with Crippen LogP contribution in [0.15, 0.2) is 60.7 Å². The Morgan fingerprint density at radius 3 is 2.44 bits per heavy atom. The van der Waals surface area contributed by atoms with Gasteiger partial charge in [-0.1, -0.05) is 36.4 Å². The molecule has 5 nitrogen and oxygen atoms in total. The molecule has 1 heterocycles. The van der Waals surface area contributed by atoms with Crippen molar-refractivity contribution in [2.45, 2.75) is 13.5 Å². The quantitative estimate of drug-likeness (QED) is 0.549. The molecule has 3 aromatic carbocycles. The van der Waals surface area contributed by atoms with Gasteiger partial charge in [0.15, 0.2) is 0 Å². The van der Waals surface area contributed by atoms with Crippen LogP contribution in [-0.2, 0) is 6.54 Å². The Balaban J connectivity index is 0.00000210. The normalized spacial score (nSPS) is 10.7. The van der Waals surface area contributed by atoms with E-state index in [9.17, 15) is 0 Å². The second kappa shape index (κ2) is 7.68. The van der Waals surface area contributed by atoms with Crippen LogP contribution in [0.25, 0.3) is 21.7 Å². The number of aromatic nitrogens is 2. The summed E-state index contributed by atoms with van der Waals surface area (Å²) < 4.78 is 0. The Morgan fingerprint density at radius 2 is 1.67 bits per heavy atom. The molecule has 138 valence electrons. The maximum Gasteiger partial charge on any atom is 0.222 e. The first-order valence-corrected chi connectivity index (χ1v) is 8.69. The predicted molar refractivity (Wildman–Crippen MR) is 116 cm³/mol. The van der Waals surface area contributed by atoms with Gasteiger partial charge in [-0.25, -0.2) is 4.98 Å². The molecule has 6 heteroatoms. The molecular formula is C21H22ClN5. The Morgan fingerprint density at radius 1 is 0.889 bits per heavy atom. The summed E-state index contributed by atoms with van der Waals surface area (Å²) >= 11 is 0. The number of hydrogen-bond acceptors (Lipinski definition) is 5. The van der Waals surface area contributed by atoms with E-state index in [0.29, 0.717) is 5.82 Å². The van der Waals surface area contributed by atoms with Crippen molar-refractivity contribution < 1.29 is 0 Å². The van der Waals surface area contributed by atoms with Gasteiger partial charge in [0.2, 0.25) is 5.95 Å². The van der Waals surface area contributed by atoms with Crippen molar-refractivity contribution in [2.75, 3.05) is 22.9 Å². The summed E-state index contributed by atoms with van der Waals surface area (Å²) in [5.74, 6) is 0.613. The van der Waals surface area contributed by atoms with Crippen LogP contribution in [0.3, 0.4) is 0 Å². The van der Waals surface area contributed by atoms with Gasteiger partial charge in [-0.3, -0.25) is 0 Å². The number of nitrogens with two attached hydrogens (primary N) is 2. The molecule has 0 saturated heterocycles. The van der Waals surface area contributed by atoms with E-state index in [-0.39, 0.29) is 18.4 Å². The zero-order valence-electron chi connectivity index (χ0n) is 15.1. The van der Waals surface area contributed by atoms with E-state index in [1.54, 1.807) is 0 Å². The van der Waals surface area contributed by atoms with Crippen LogP contribution in [0, 0.1) is 0 Å². The van der Waals surface area contributed by atoms with Gasteiger partial charge in [-0.2, -0.15) is 4.98 Å². The minimum absolute atomic E-state index is 0. The van der Waals surface area contributed by atoms with Crippen molar-refractivity contribution in [3.8, 4) is 0 Å². The van der Waals surface area contributed by atoms with Gasteiger partial charge in [0, 0.05) is 24.2 Å². The molecule has 27 heavy (non-hydrogen) atoms. The van der Waals surface area contributed by atoms with Crippen LogP contribution in [-0.4, -0.2) is 16.5 Å². The third-order valence-corrected chi connectivity index (χ3v) is 4.66. The second-order valence-corrected chi connectivity index (χ2v) is 6.36. The summed E-state index contributed by atoms with van der Waals surface area (Å²) in [6, 6.07) is 21.1. The number of nitrogen functional groups attached to an aromatic ring is 2. The van der Waals surface area contributed by atoms with Crippen molar-refractivity contribution in [3.63, 3.8) is 0 Å². The highest BCUT2D eigenvalue weighted by atomic mass is 35.5. The number of fused-ring (bicyclic) bond motifs is 2. The van der Waals surface area contributed by atoms with E-state index in [0.717, 1.165) is 29.7 Å². The van der Waals surface area contributed by atoms with E-state index >= 15 is 0 Å². The first-order valence-electron chi connectivity index (χ1n) is 8.69. The second-order valence-electron chi connectivity index (χ2n) is 6.36. The first kappa shape index (κ1) is 18.7. The summed E-state index contributed by atoms with van der Waals surface area (Å²) in [6.45, 7) is 3.85. The van der Waals surface area contributed by atoms with Crippen LogP contribution in [0.4, 0.5) is 17.5 Å². The van der Waals surface area contributed by atoms with Gasteiger partial charge < -0.3 is 16.4 Å². The van der Waals surface area contributed by atoms with E-state index in [4.69, 9.17) is 11.5 Å². The minimum Gasteiger partial charge on any atom is -0.383 e. The lowest BCUT2D eigenvalue weighted by atomic mass is 10.1. The lowest BCUT2D eigenvalue weighted by Gasteiger charge is -2.24. The lowest BCUT2D eigenvalue weighted by Crippen LogP contribution is -2.22. The Kier molecular flexibility index (Phi) is 5.33. The molecular weight excluding hydrogens is 358 g/mol. The molecule has 0 spiro atoms. The average Bonchev–Trinajstić information content (AvgIpc) is 2.66. The molecule has 0 atom stereocenters. The van der Waals surface area contributed by atoms with Crippen molar-refractivity contribution in [3.05, 3.63) is 66.2 Å². The van der Waals surface area contributed by atoms with Crippen LogP contribution < -0.4 is 16.4 Å². The monoisotopic (exact) mass is 379 g/mol. The zero-order chi connectivity index (χ0) is 18.1. The van der Waals surface area contributed by atoms with E-state index in [2.05, 4.69) is 70.3 Å². The Labute approximate surface area is 164 Å². The van der Waals surface area contributed by atoms with E-state index in [1.807, 2.05) is 12.1 Å². The first-order chi connectivity index (χ1) is 12.6. The minimum atomic E-state index is 0. The fourth-order valence-corrected chi connectivity index (χ4v) is 3.30. The van der Waals surface area contributed by atoms with Crippen molar-refractivity contribution in [2.24, 2.45) is 0 Å². The van der Waals surface area contributed by atoms with Gasteiger partial charge in [-0.05, 0) is 47.5 Å². The summed E-state index contributed by atoms with van der Waals surface area (Å²) in [6.07, 6.45) is 0. The maximum atomic E-state index is 6.03. The van der Waals surface area contributed by atoms with Gasteiger partial charge in [0.05, 0.1) is 5.52 Å². The number of halogens is 1. The van der Waals surface area contributed by atoms with Crippen LogP contribution in [0.2, 0.25) is 0 Å². The molecule has 0 fully saturated rings. The number of benzene rings is 3. The summed E-state index contributed by atoms with van der Waals surface area (Å²) in [5, 5.41) is 3.34. The molecule has 4 rings (SSSR count). The van der Waals surface area contributed by atoms with Crippen molar-refractivity contribution >= 4 is 51.5 Å². The molecule has 0 aliphatic rings. The molecule has 0 radical (unpaired) electrons. The lowest BCUT2D eigenvalue weighted by molar-refractivity contribution is 0.833. The molecule has 0 amide bonds. The zero-order valence-corrected chi connectivity index (χ0v) is 15.9. The fraction of sp³-hybridized carbons (Fsp3) is 0.143. The molecule has 0 aliphatic heterocycles. The molecule has 4 aromatic rings. The van der Waals surface area contributed by atoms with Crippen LogP contribution >= 0.6 is 12.4 Å². The molecule has 0 saturated carbocycles.